The van der Waals surface area contributed by atoms with Gasteiger partial charge in [0.25, 0.3) is 0 Å². The van der Waals surface area contributed by atoms with E-state index in [2.05, 4.69) is 26.6 Å². The largest absolute Gasteiger partial charge is 0.333 e. The van der Waals surface area contributed by atoms with Gasteiger partial charge < -0.3 is 15.1 Å². The van der Waals surface area contributed by atoms with Crippen LogP contribution in [-0.4, -0.2) is 59.6 Å². The number of thiophene rings is 1. The molecule has 6 heteroatoms. The third kappa shape index (κ3) is 4.40. The van der Waals surface area contributed by atoms with E-state index in [4.69, 9.17) is 0 Å². The van der Waals surface area contributed by atoms with Crippen LogP contribution in [0.15, 0.2) is 17.5 Å². The number of rotatable bonds is 4. The summed E-state index contributed by atoms with van der Waals surface area (Å²) in [4.78, 5) is 18.5. The molecule has 0 bridgehead atoms. The number of hydrogen-bond donors (Lipinski definition) is 1. The lowest BCUT2D eigenvalue weighted by atomic mass is 10.2. The summed E-state index contributed by atoms with van der Waals surface area (Å²) >= 11 is 3.69. The molecule has 2 aliphatic heterocycles. The molecular weight excluding hydrogens is 314 g/mol. The van der Waals surface area contributed by atoms with Crippen LogP contribution < -0.4 is 5.32 Å². The molecule has 3 heterocycles. The third-order valence-electron chi connectivity index (χ3n) is 4.36. The van der Waals surface area contributed by atoms with Crippen molar-refractivity contribution in [2.24, 2.45) is 0 Å². The minimum Gasteiger partial charge on any atom is -0.333 e. The van der Waals surface area contributed by atoms with Gasteiger partial charge in [0.15, 0.2) is 0 Å². The quantitative estimate of drug-likeness (QED) is 0.916. The van der Waals surface area contributed by atoms with Gasteiger partial charge in [-0.05, 0) is 49.6 Å². The van der Waals surface area contributed by atoms with Crippen LogP contribution in [-0.2, 0) is 6.54 Å². The molecule has 1 aromatic rings. The molecule has 1 atom stereocenters. The summed E-state index contributed by atoms with van der Waals surface area (Å²) in [6.07, 6.45) is 3.72. The number of hydrogen-bond acceptors (Lipinski definition) is 4. The number of nitrogens with zero attached hydrogens (tertiary/aromatic N) is 2. The zero-order chi connectivity index (χ0) is 15.2. The van der Waals surface area contributed by atoms with Crippen LogP contribution >= 0.6 is 23.1 Å². The van der Waals surface area contributed by atoms with Gasteiger partial charge in [0.2, 0.25) is 0 Å². The van der Waals surface area contributed by atoms with Gasteiger partial charge in [-0.25, -0.2) is 4.79 Å². The maximum absolute atomic E-state index is 12.6. The molecule has 2 saturated heterocycles. The normalized spacial score (nSPS) is 23.5. The van der Waals surface area contributed by atoms with Gasteiger partial charge in [-0.1, -0.05) is 6.07 Å². The lowest BCUT2D eigenvalue weighted by Crippen LogP contribution is -2.51. The van der Waals surface area contributed by atoms with Crippen LogP contribution in [0.25, 0.3) is 0 Å². The summed E-state index contributed by atoms with van der Waals surface area (Å²) in [5, 5.41) is 5.16. The SMILES string of the molecule is O=C(NCc1cccs1)N1CCCSC[C@@H]1CN1CCCC1. The summed E-state index contributed by atoms with van der Waals surface area (Å²) in [6, 6.07) is 4.57. The molecule has 1 aromatic heterocycles. The molecule has 0 radical (unpaired) electrons. The average molecular weight is 340 g/mol. The first kappa shape index (κ1) is 16.1. The van der Waals surface area contributed by atoms with Gasteiger partial charge in [0, 0.05) is 23.7 Å². The van der Waals surface area contributed by atoms with Gasteiger partial charge in [-0.15, -0.1) is 11.3 Å². The Balaban J connectivity index is 1.57. The maximum Gasteiger partial charge on any atom is 0.318 e. The van der Waals surface area contributed by atoms with Crippen LogP contribution in [0.3, 0.4) is 0 Å². The Bertz CT molecular complexity index is 460. The van der Waals surface area contributed by atoms with Crippen molar-refractivity contribution in [3.8, 4) is 0 Å². The predicted molar refractivity (Wildman–Crippen MR) is 94.7 cm³/mol. The van der Waals surface area contributed by atoms with E-state index in [1.54, 1.807) is 11.3 Å². The second kappa shape index (κ2) is 8.22. The summed E-state index contributed by atoms with van der Waals surface area (Å²) in [5.41, 5.74) is 0. The van der Waals surface area contributed by atoms with E-state index < -0.39 is 0 Å². The summed E-state index contributed by atoms with van der Waals surface area (Å²) in [7, 11) is 0. The molecule has 0 saturated carbocycles. The Hall–Kier alpha value is -0.720. The van der Waals surface area contributed by atoms with Crippen molar-refractivity contribution in [1.82, 2.24) is 15.1 Å². The first-order valence-corrected chi connectivity index (χ1v) is 10.2. The Morgan fingerprint density at radius 2 is 2.14 bits per heavy atom. The zero-order valence-electron chi connectivity index (χ0n) is 13.0. The first-order chi connectivity index (χ1) is 10.8. The van der Waals surface area contributed by atoms with E-state index in [0.717, 1.165) is 25.3 Å². The highest BCUT2D eigenvalue weighted by atomic mass is 32.2. The fourth-order valence-corrected chi connectivity index (χ4v) is 4.89. The van der Waals surface area contributed by atoms with Gasteiger partial charge in [-0.2, -0.15) is 11.8 Å². The molecule has 3 rings (SSSR count). The second-order valence-electron chi connectivity index (χ2n) is 6.02. The van der Waals surface area contributed by atoms with E-state index in [-0.39, 0.29) is 6.03 Å². The van der Waals surface area contributed by atoms with Crippen molar-refractivity contribution in [3.05, 3.63) is 22.4 Å². The smallest absolute Gasteiger partial charge is 0.318 e. The van der Waals surface area contributed by atoms with Gasteiger partial charge >= 0.3 is 6.03 Å². The van der Waals surface area contributed by atoms with E-state index in [1.807, 2.05) is 17.8 Å². The van der Waals surface area contributed by atoms with Crippen LogP contribution in [0.2, 0.25) is 0 Å². The molecule has 2 aliphatic rings. The van der Waals surface area contributed by atoms with Gasteiger partial charge in [-0.3, -0.25) is 0 Å². The predicted octanol–water partition coefficient (Wildman–Crippen LogP) is 2.86. The topological polar surface area (TPSA) is 35.6 Å². The lowest BCUT2D eigenvalue weighted by molar-refractivity contribution is 0.162. The van der Waals surface area contributed by atoms with Crippen molar-refractivity contribution in [2.75, 3.05) is 37.7 Å². The molecule has 122 valence electrons. The molecule has 0 spiro atoms. The molecule has 2 amide bonds. The third-order valence-corrected chi connectivity index (χ3v) is 6.44. The first-order valence-electron chi connectivity index (χ1n) is 8.20. The number of nitrogens with one attached hydrogen (secondary N) is 1. The number of likely N-dealkylation sites (tertiary alicyclic amines) is 1. The average Bonchev–Trinajstić information content (AvgIpc) is 3.16. The van der Waals surface area contributed by atoms with Crippen LogP contribution in [0.5, 0.6) is 0 Å². The van der Waals surface area contributed by atoms with Crippen molar-refractivity contribution >= 4 is 29.1 Å². The fraction of sp³-hybridized carbons (Fsp3) is 0.688. The van der Waals surface area contributed by atoms with Gasteiger partial charge in [0.05, 0.1) is 12.6 Å². The molecule has 22 heavy (non-hydrogen) atoms. The van der Waals surface area contributed by atoms with Crippen LogP contribution in [0.4, 0.5) is 4.79 Å². The minimum absolute atomic E-state index is 0.111. The van der Waals surface area contributed by atoms with Crippen LogP contribution in [0, 0.1) is 0 Å². The molecule has 0 unspecified atom stereocenters. The molecule has 0 aromatic carbocycles. The monoisotopic (exact) mass is 339 g/mol. The number of thioether (sulfide) groups is 1. The Morgan fingerprint density at radius 3 is 2.91 bits per heavy atom. The van der Waals surface area contributed by atoms with E-state index >= 15 is 0 Å². The summed E-state index contributed by atoms with van der Waals surface area (Å²) < 4.78 is 0. The summed E-state index contributed by atoms with van der Waals surface area (Å²) in [6.45, 7) is 4.98. The summed E-state index contributed by atoms with van der Waals surface area (Å²) in [5.74, 6) is 2.24. The highest BCUT2D eigenvalue weighted by molar-refractivity contribution is 7.99. The lowest BCUT2D eigenvalue weighted by Gasteiger charge is -2.32. The fourth-order valence-electron chi connectivity index (χ4n) is 3.19. The van der Waals surface area contributed by atoms with E-state index in [1.165, 1.54) is 36.6 Å². The van der Waals surface area contributed by atoms with E-state index in [9.17, 15) is 4.79 Å². The zero-order valence-corrected chi connectivity index (χ0v) is 14.6. The highest BCUT2D eigenvalue weighted by Gasteiger charge is 2.28. The molecule has 2 fully saturated rings. The molecule has 1 N–H and O–H groups in total. The number of carbonyl (C=O) groups excluding carboxylic acids is 1. The molecule has 4 nitrogen and oxygen atoms in total. The van der Waals surface area contributed by atoms with E-state index in [0.29, 0.717) is 12.6 Å². The van der Waals surface area contributed by atoms with Crippen molar-refractivity contribution < 1.29 is 4.79 Å². The van der Waals surface area contributed by atoms with Crippen molar-refractivity contribution in [3.63, 3.8) is 0 Å². The second-order valence-corrected chi connectivity index (χ2v) is 8.20. The Morgan fingerprint density at radius 1 is 1.27 bits per heavy atom. The van der Waals surface area contributed by atoms with Gasteiger partial charge in [0.1, 0.15) is 0 Å². The number of carbonyl (C=O) groups is 1. The molecular formula is C16H25N3OS2. The number of amides is 2. The maximum atomic E-state index is 12.6. The molecule has 0 aliphatic carbocycles. The van der Waals surface area contributed by atoms with Crippen LogP contribution in [0.1, 0.15) is 24.1 Å². The number of urea groups is 1. The standard InChI is InChI=1S/C16H25N3OS2/c20-16(17-11-15-5-3-10-22-15)19-8-4-9-21-13-14(19)12-18-6-1-2-7-18/h3,5,10,14H,1-2,4,6-9,11-13H2,(H,17,20)/t14-/m0/s1. The van der Waals surface area contributed by atoms with Crippen molar-refractivity contribution in [2.45, 2.75) is 31.8 Å². The highest BCUT2D eigenvalue weighted by Crippen LogP contribution is 2.19. The Kier molecular flexibility index (Phi) is 6.04. The Labute approximate surface area is 141 Å². The van der Waals surface area contributed by atoms with Crippen molar-refractivity contribution in [1.29, 1.82) is 0 Å². The minimum atomic E-state index is 0.111.